The first kappa shape index (κ1) is 78.2. The molecule has 2 atom stereocenters. The number of rotatable bonds is 62. The van der Waals surface area contributed by atoms with E-state index >= 15 is 0 Å². The number of hydrogen-bond acceptors (Lipinski definition) is 8. The Bertz CT molecular complexity index is 1640. The van der Waals surface area contributed by atoms with Crippen molar-refractivity contribution in [3.8, 4) is 0 Å². The van der Waals surface area contributed by atoms with Gasteiger partial charge in [-0.25, -0.2) is 0 Å². The number of phosphoric acid groups is 1. The lowest BCUT2D eigenvalue weighted by atomic mass is 10.0. The van der Waals surface area contributed by atoms with Crippen LogP contribution in [0.4, 0.5) is 0 Å². The number of carbonyl (C=O) groups excluding carboxylic acids is 2. The lowest BCUT2D eigenvalue weighted by Gasteiger charge is -2.28. The fraction of sp³-hybridized carbons (Fsp3) is 0.775. The van der Waals surface area contributed by atoms with Gasteiger partial charge >= 0.3 is 11.9 Å². The molecule has 0 radical (unpaired) electrons. The molecule has 0 aromatic heterocycles. The summed E-state index contributed by atoms with van der Waals surface area (Å²) in [5.41, 5.74) is 0. The zero-order valence-corrected chi connectivity index (χ0v) is 54.4. The third kappa shape index (κ3) is 66.2. The van der Waals surface area contributed by atoms with Gasteiger partial charge in [-0.05, 0) is 70.6 Å². The van der Waals surface area contributed by atoms with Crippen molar-refractivity contribution in [2.24, 2.45) is 0 Å². The fourth-order valence-electron chi connectivity index (χ4n) is 9.52. The molecule has 0 spiro atoms. The highest BCUT2D eigenvalue weighted by Crippen LogP contribution is 2.38. The molecule has 0 saturated carbocycles. The molecule has 0 aromatic carbocycles. The van der Waals surface area contributed by atoms with Gasteiger partial charge in [0.15, 0.2) is 6.10 Å². The van der Waals surface area contributed by atoms with Crippen molar-refractivity contribution in [3.05, 3.63) is 85.1 Å². The second kappa shape index (κ2) is 61.7. The van der Waals surface area contributed by atoms with E-state index in [0.717, 1.165) is 83.5 Å². The summed E-state index contributed by atoms with van der Waals surface area (Å²) in [6.07, 6.45) is 83.7. The molecular formula is C71H128NO8P. The van der Waals surface area contributed by atoms with Crippen LogP contribution in [0, 0.1) is 0 Å². The highest BCUT2D eigenvalue weighted by atomic mass is 31.2. The minimum atomic E-state index is -4.64. The van der Waals surface area contributed by atoms with Gasteiger partial charge in [0.2, 0.25) is 0 Å². The van der Waals surface area contributed by atoms with Gasteiger partial charge in [0.25, 0.3) is 7.82 Å². The maximum Gasteiger partial charge on any atom is 0.306 e. The Morgan fingerprint density at radius 3 is 1.05 bits per heavy atom. The van der Waals surface area contributed by atoms with Crippen LogP contribution in [-0.2, 0) is 32.7 Å². The minimum absolute atomic E-state index is 0.0309. The Labute approximate surface area is 501 Å². The van der Waals surface area contributed by atoms with Crippen molar-refractivity contribution >= 4 is 19.8 Å². The van der Waals surface area contributed by atoms with Gasteiger partial charge in [0.1, 0.15) is 19.8 Å². The molecule has 81 heavy (non-hydrogen) atoms. The Hall–Kier alpha value is -2.81. The summed E-state index contributed by atoms with van der Waals surface area (Å²) in [6, 6.07) is 0. The smallest absolute Gasteiger partial charge is 0.306 e. The van der Waals surface area contributed by atoms with Gasteiger partial charge < -0.3 is 27.9 Å². The van der Waals surface area contributed by atoms with Gasteiger partial charge in [-0.1, -0.05) is 304 Å². The largest absolute Gasteiger partial charge is 0.756 e. The standard InChI is InChI=1S/C71H128NO8P/c1-6-8-10-12-14-16-18-20-22-24-26-28-29-30-31-32-33-34-35-36-37-38-39-40-41-42-43-44-46-48-50-52-54-56-58-60-62-64-71(74)80-69(68-79-81(75,76)78-66-65-72(3,4)5)67-77-70(73)63-61-59-57-55-53-51-49-47-45-27-25-23-21-19-17-15-13-11-9-7-2/h8,10,14,16,20,22,26,28,30-31,33-34,36-37,69H,6-7,9,11-13,15,17-19,21,23-25,27,29,32,35,38-68H2,1-5H3/b10-8-,16-14-,22-20-,28-26-,31-30-,34-33-,37-36-. The number of carbonyl (C=O) groups is 2. The van der Waals surface area contributed by atoms with Crippen molar-refractivity contribution < 1.29 is 42.1 Å². The zero-order chi connectivity index (χ0) is 59.1. The van der Waals surface area contributed by atoms with E-state index in [0.29, 0.717) is 17.4 Å². The number of hydrogen-bond donors (Lipinski definition) is 0. The van der Waals surface area contributed by atoms with E-state index in [1.54, 1.807) is 0 Å². The minimum Gasteiger partial charge on any atom is -0.756 e. The van der Waals surface area contributed by atoms with Crippen LogP contribution < -0.4 is 4.89 Å². The molecule has 0 aromatic rings. The topological polar surface area (TPSA) is 111 Å². The molecule has 0 saturated heterocycles. The SMILES string of the molecule is CC/C=C\C/C=C\C/C=C\C/C=C\C/C=C\C/C=C\C/C=C\CCCCCCCCCCCCCCCCCC(=O)OC(COC(=O)CCCCCCCCCCCCCCCCCCCCCC)COP(=O)([O-])OCC[N+](C)(C)C. The lowest BCUT2D eigenvalue weighted by molar-refractivity contribution is -0.870. The zero-order valence-electron chi connectivity index (χ0n) is 53.5. The first-order chi connectivity index (χ1) is 39.5. The van der Waals surface area contributed by atoms with Crippen molar-refractivity contribution in [1.29, 1.82) is 0 Å². The first-order valence-electron chi connectivity index (χ1n) is 33.8. The molecule has 0 amide bonds. The molecule has 0 aliphatic heterocycles. The van der Waals surface area contributed by atoms with Gasteiger partial charge in [0.05, 0.1) is 27.7 Å². The van der Waals surface area contributed by atoms with Crippen LogP contribution in [-0.4, -0.2) is 70.0 Å². The number of unbranched alkanes of at least 4 members (excludes halogenated alkanes) is 34. The van der Waals surface area contributed by atoms with E-state index in [2.05, 4.69) is 98.9 Å². The van der Waals surface area contributed by atoms with E-state index in [1.165, 1.54) is 186 Å². The molecule has 0 N–H and O–H groups in total. The van der Waals surface area contributed by atoms with Crippen molar-refractivity contribution in [3.63, 3.8) is 0 Å². The van der Waals surface area contributed by atoms with E-state index in [9.17, 15) is 19.0 Å². The third-order valence-corrected chi connectivity index (χ3v) is 15.6. The van der Waals surface area contributed by atoms with Crippen molar-refractivity contribution in [2.45, 2.75) is 309 Å². The lowest BCUT2D eigenvalue weighted by Crippen LogP contribution is -2.37. The van der Waals surface area contributed by atoms with Crippen LogP contribution in [0.1, 0.15) is 303 Å². The number of phosphoric ester groups is 1. The molecule has 9 nitrogen and oxygen atoms in total. The van der Waals surface area contributed by atoms with Crippen LogP contribution in [0.3, 0.4) is 0 Å². The van der Waals surface area contributed by atoms with Crippen molar-refractivity contribution in [2.75, 3.05) is 47.5 Å². The Morgan fingerprint density at radius 1 is 0.395 bits per heavy atom. The molecule has 2 unspecified atom stereocenters. The van der Waals surface area contributed by atoms with E-state index < -0.39 is 26.5 Å². The van der Waals surface area contributed by atoms with Crippen LogP contribution in [0.2, 0.25) is 0 Å². The Morgan fingerprint density at radius 2 is 0.704 bits per heavy atom. The second-order valence-corrected chi connectivity index (χ2v) is 25.2. The maximum absolute atomic E-state index is 12.8. The Kier molecular flexibility index (Phi) is 59.6. The normalized spacial score (nSPS) is 13.7. The summed E-state index contributed by atoms with van der Waals surface area (Å²) < 4.78 is 34.3. The number of quaternary nitrogens is 1. The van der Waals surface area contributed by atoms with Gasteiger partial charge in [0, 0.05) is 12.8 Å². The summed E-state index contributed by atoms with van der Waals surface area (Å²) in [4.78, 5) is 38.0. The summed E-state index contributed by atoms with van der Waals surface area (Å²) >= 11 is 0. The number of likely N-dealkylation sites (N-methyl/N-ethyl adjacent to an activating group) is 1. The molecule has 0 aliphatic rings. The molecule has 470 valence electrons. The average molecular weight is 1150 g/mol. The van der Waals surface area contributed by atoms with E-state index in [4.69, 9.17) is 18.5 Å². The van der Waals surface area contributed by atoms with Crippen LogP contribution in [0.25, 0.3) is 0 Å². The highest BCUT2D eigenvalue weighted by molar-refractivity contribution is 7.45. The predicted molar refractivity (Wildman–Crippen MR) is 346 cm³/mol. The monoisotopic (exact) mass is 1150 g/mol. The first-order valence-corrected chi connectivity index (χ1v) is 35.3. The van der Waals surface area contributed by atoms with Crippen LogP contribution in [0.5, 0.6) is 0 Å². The third-order valence-electron chi connectivity index (χ3n) is 14.7. The average Bonchev–Trinajstić information content (AvgIpc) is 3.43. The fourth-order valence-corrected chi connectivity index (χ4v) is 10.3. The molecule has 0 rings (SSSR count). The van der Waals surface area contributed by atoms with E-state index in [-0.39, 0.29) is 32.0 Å². The molecule has 0 heterocycles. The van der Waals surface area contributed by atoms with Crippen LogP contribution in [0.15, 0.2) is 85.1 Å². The predicted octanol–water partition coefficient (Wildman–Crippen LogP) is 21.1. The molecule has 0 bridgehead atoms. The Balaban J connectivity index is 4.02. The summed E-state index contributed by atoms with van der Waals surface area (Å²) in [5.74, 6) is -0.821. The number of ether oxygens (including phenoxy) is 2. The van der Waals surface area contributed by atoms with Gasteiger partial charge in [-0.15, -0.1) is 0 Å². The molecule has 10 heteroatoms. The summed E-state index contributed by atoms with van der Waals surface area (Å²) in [6.45, 7) is 4.17. The number of allylic oxidation sites excluding steroid dienone is 14. The summed E-state index contributed by atoms with van der Waals surface area (Å²) in [5, 5.41) is 0. The molecule has 0 fully saturated rings. The molecular weight excluding hydrogens is 1030 g/mol. The summed E-state index contributed by atoms with van der Waals surface area (Å²) in [7, 11) is 1.17. The van der Waals surface area contributed by atoms with Crippen LogP contribution >= 0.6 is 7.82 Å². The van der Waals surface area contributed by atoms with Crippen molar-refractivity contribution in [1.82, 2.24) is 0 Å². The maximum atomic E-state index is 12.8. The molecule has 0 aliphatic carbocycles. The van der Waals surface area contributed by atoms with Gasteiger partial charge in [-0.2, -0.15) is 0 Å². The number of esters is 2. The quantitative estimate of drug-likeness (QED) is 0.0195. The highest BCUT2D eigenvalue weighted by Gasteiger charge is 2.22. The number of nitrogens with zero attached hydrogens (tertiary/aromatic N) is 1. The van der Waals surface area contributed by atoms with E-state index in [1.807, 2.05) is 21.1 Å². The second-order valence-electron chi connectivity index (χ2n) is 23.8. The van der Waals surface area contributed by atoms with Gasteiger partial charge in [-0.3, -0.25) is 14.2 Å².